The molecule has 4 nitrogen and oxygen atoms in total. The van der Waals surface area contributed by atoms with Crippen LogP contribution in [-0.4, -0.2) is 35.9 Å². The summed E-state index contributed by atoms with van der Waals surface area (Å²) < 4.78 is 0. The van der Waals surface area contributed by atoms with E-state index in [0.717, 1.165) is 31.9 Å². The molecular formula is C16H24N4. The molecule has 3 rings (SSSR count). The quantitative estimate of drug-likeness (QED) is 0.827. The van der Waals surface area contributed by atoms with Crippen LogP contribution >= 0.6 is 0 Å². The Morgan fingerprint density at radius 2 is 2.40 bits per heavy atom. The minimum atomic E-state index is 0.401. The van der Waals surface area contributed by atoms with E-state index in [1.807, 2.05) is 6.20 Å². The summed E-state index contributed by atoms with van der Waals surface area (Å²) in [7, 11) is 0. The van der Waals surface area contributed by atoms with Gasteiger partial charge in [-0.2, -0.15) is 0 Å². The lowest BCUT2D eigenvalue weighted by Crippen LogP contribution is -2.52. The molecule has 2 fully saturated rings. The highest BCUT2D eigenvalue weighted by Crippen LogP contribution is 2.39. The fraction of sp³-hybridized carbons (Fsp3) is 0.562. The van der Waals surface area contributed by atoms with E-state index in [1.54, 1.807) is 6.20 Å². The third-order valence-electron chi connectivity index (χ3n) is 4.59. The molecule has 0 bridgehead atoms. The van der Waals surface area contributed by atoms with E-state index in [9.17, 15) is 0 Å². The molecule has 0 unspecified atom stereocenters. The summed E-state index contributed by atoms with van der Waals surface area (Å²) in [6.45, 7) is 11.5. The van der Waals surface area contributed by atoms with Gasteiger partial charge >= 0.3 is 0 Å². The average molecular weight is 272 g/mol. The van der Waals surface area contributed by atoms with E-state index in [2.05, 4.69) is 41.0 Å². The zero-order chi connectivity index (χ0) is 14.2. The Balaban J connectivity index is 1.87. The van der Waals surface area contributed by atoms with Crippen molar-refractivity contribution in [3.8, 4) is 0 Å². The molecule has 0 aromatic rings. The first kappa shape index (κ1) is 13.4. The monoisotopic (exact) mass is 272 g/mol. The first-order chi connectivity index (χ1) is 9.69. The van der Waals surface area contributed by atoms with Crippen molar-refractivity contribution < 1.29 is 0 Å². The summed E-state index contributed by atoms with van der Waals surface area (Å²) in [6.07, 6.45) is 7.33. The fourth-order valence-electron chi connectivity index (χ4n) is 3.19. The predicted octanol–water partition coefficient (Wildman–Crippen LogP) is 2.14. The lowest BCUT2D eigenvalue weighted by molar-refractivity contribution is 0.233. The number of aliphatic imine (C=N–C) groups is 1. The standard InChI is InChI=1S/C16H24N4/c1-4-13-10-18-15(17-5-2)14(13)12(3)20-9-8-19-16(11-20)6-7-16/h5,10,19H,2,4,6-9,11H2,1,3H3,(H,17,18)/b14-12+. The van der Waals surface area contributed by atoms with Crippen LogP contribution in [0.4, 0.5) is 0 Å². The lowest BCUT2D eigenvalue weighted by atomic mass is 10.0. The highest BCUT2D eigenvalue weighted by Gasteiger charge is 2.45. The number of allylic oxidation sites excluding steroid dienone is 1. The maximum absolute atomic E-state index is 4.50. The van der Waals surface area contributed by atoms with Crippen LogP contribution in [0, 0.1) is 0 Å². The van der Waals surface area contributed by atoms with Gasteiger partial charge in [0.1, 0.15) is 5.84 Å². The van der Waals surface area contributed by atoms with E-state index < -0.39 is 0 Å². The van der Waals surface area contributed by atoms with E-state index in [0.29, 0.717) is 5.54 Å². The van der Waals surface area contributed by atoms with Crippen molar-refractivity contribution in [2.75, 3.05) is 19.6 Å². The fourth-order valence-corrected chi connectivity index (χ4v) is 3.19. The van der Waals surface area contributed by atoms with Crippen LogP contribution in [0.3, 0.4) is 0 Å². The highest BCUT2D eigenvalue weighted by molar-refractivity contribution is 6.05. The van der Waals surface area contributed by atoms with Crippen LogP contribution in [0.2, 0.25) is 0 Å². The van der Waals surface area contributed by atoms with Gasteiger partial charge in [0.2, 0.25) is 0 Å². The van der Waals surface area contributed by atoms with Gasteiger partial charge < -0.3 is 15.5 Å². The van der Waals surface area contributed by atoms with Crippen molar-refractivity contribution >= 4 is 5.84 Å². The van der Waals surface area contributed by atoms with Crippen molar-refractivity contribution in [3.63, 3.8) is 0 Å². The van der Waals surface area contributed by atoms with Gasteiger partial charge in [-0.1, -0.05) is 13.5 Å². The maximum Gasteiger partial charge on any atom is 0.139 e. The Morgan fingerprint density at radius 3 is 3.05 bits per heavy atom. The lowest BCUT2D eigenvalue weighted by Gasteiger charge is -2.37. The molecule has 2 heterocycles. The molecular weight excluding hydrogens is 248 g/mol. The Labute approximate surface area is 121 Å². The average Bonchev–Trinajstić information content (AvgIpc) is 3.07. The molecule has 1 spiro atoms. The summed E-state index contributed by atoms with van der Waals surface area (Å²) in [5.74, 6) is 0.942. The molecule has 20 heavy (non-hydrogen) atoms. The van der Waals surface area contributed by atoms with E-state index in [1.165, 1.54) is 29.7 Å². The normalized spacial score (nSPS) is 26.2. The molecule has 2 aliphatic heterocycles. The van der Waals surface area contributed by atoms with Crippen LogP contribution in [0.5, 0.6) is 0 Å². The second-order valence-corrected chi connectivity index (χ2v) is 5.92. The van der Waals surface area contributed by atoms with E-state index >= 15 is 0 Å². The SMILES string of the molecule is C=CNC1=NC=C(CC)/C1=C(/C)N1CCNC2(CC2)C1. The molecule has 0 radical (unpaired) electrons. The number of hydrogen-bond acceptors (Lipinski definition) is 4. The Bertz CT molecular complexity index is 509. The highest BCUT2D eigenvalue weighted by atomic mass is 15.3. The number of piperazine rings is 1. The first-order valence-electron chi connectivity index (χ1n) is 7.55. The second kappa shape index (κ2) is 5.09. The minimum absolute atomic E-state index is 0.401. The largest absolute Gasteiger partial charge is 0.371 e. The Hall–Kier alpha value is -1.55. The summed E-state index contributed by atoms with van der Waals surface area (Å²) in [5, 5.41) is 6.84. The summed E-state index contributed by atoms with van der Waals surface area (Å²) in [6, 6.07) is 0. The van der Waals surface area contributed by atoms with Crippen LogP contribution in [0.25, 0.3) is 0 Å². The maximum atomic E-state index is 4.50. The molecule has 0 aromatic carbocycles. The molecule has 0 amide bonds. The zero-order valence-electron chi connectivity index (χ0n) is 12.5. The van der Waals surface area contributed by atoms with Gasteiger partial charge in [0, 0.05) is 42.6 Å². The zero-order valence-corrected chi connectivity index (χ0v) is 12.5. The second-order valence-electron chi connectivity index (χ2n) is 5.92. The smallest absolute Gasteiger partial charge is 0.139 e. The predicted molar refractivity (Wildman–Crippen MR) is 83.4 cm³/mol. The molecule has 1 saturated carbocycles. The van der Waals surface area contributed by atoms with Crippen LogP contribution < -0.4 is 10.6 Å². The van der Waals surface area contributed by atoms with Gasteiger partial charge in [-0.25, -0.2) is 4.99 Å². The number of nitrogens with zero attached hydrogens (tertiary/aromatic N) is 2. The topological polar surface area (TPSA) is 39.7 Å². The van der Waals surface area contributed by atoms with Crippen molar-refractivity contribution in [1.29, 1.82) is 0 Å². The van der Waals surface area contributed by atoms with E-state index in [4.69, 9.17) is 0 Å². The number of nitrogens with one attached hydrogen (secondary N) is 2. The van der Waals surface area contributed by atoms with Crippen molar-refractivity contribution in [3.05, 3.63) is 35.8 Å². The molecule has 0 atom stereocenters. The third-order valence-corrected chi connectivity index (χ3v) is 4.59. The van der Waals surface area contributed by atoms with Gasteiger partial charge in [0.05, 0.1) is 0 Å². The number of rotatable bonds is 3. The molecule has 1 aliphatic carbocycles. The third kappa shape index (κ3) is 2.29. The summed E-state index contributed by atoms with van der Waals surface area (Å²) in [4.78, 5) is 7.02. The minimum Gasteiger partial charge on any atom is -0.371 e. The molecule has 3 aliphatic rings. The van der Waals surface area contributed by atoms with Crippen molar-refractivity contribution in [2.45, 2.75) is 38.6 Å². The van der Waals surface area contributed by atoms with E-state index in [-0.39, 0.29) is 0 Å². The van der Waals surface area contributed by atoms with Crippen molar-refractivity contribution in [1.82, 2.24) is 15.5 Å². The van der Waals surface area contributed by atoms with Gasteiger partial charge in [0.25, 0.3) is 0 Å². The molecule has 1 saturated heterocycles. The molecule has 4 heteroatoms. The van der Waals surface area contributed by atoms with Crippen molar-refractivity contribution in [2.24, 2.45) is 4.99 Å². The van der Waals surface area contributed by atoms with Gasteiger partial charge in [-0.15, -0.1) is 0 Å². The molecule has 2 N–H and O–H groups in total. The number of hydrogen-bond donors (Lipinski definition) is 2. The van der Waals surface area contributed by atoms with Gasteiger partial charge in [-0.3, -0.25) is 0 Å². The van der Waals surface area contributed by atoms with Crippen LogP contribution in [0.1, 0.15) is 33.1 Å². The molecule has 108 valence electrons. The van der Waals surface area contributed by atoms with Gasteiger partial charge in [-0.05, 0) is 38.0 Å². The van der Waals surface area contributed by atoms with Crippen LogP contribution in [-0.2, 0) is 0 Å². The summed E-state index contributed by atoms with van der Waals surface area (Å²) in [5.41, 5.74) is 4.33. The van der Waals surface area contributed by atoms with Gasteiger partial charge in [0.15, 0.2) is 0 Å². The molecule has 0 aromatic heterocycles. The Morgan fingerprint density at radius 1 is 1.60 bits per heavy atom. The first-order valence-corrected chi connectivity index (χ1v) is 7.55. The van der Waals surface area contributed by atoms with Crippen LogP contribution in [0.15, 0.2) is 40.8 Å². The summed E-state index contributed by atoms with van der Waals surface area (Å²) >= 11 is 0. The number of amidine groups is 1. The Kier molecular flexibility index (Phi) is 3.42.